The van der Waals surface area contributed by atoms with Crippen molar-refractivity contribution in [2.24, 2.45) is 0 Å². The van der Waals surface area contributed by atoms with E-state index in [1.165, 1.54) is 18.2 Å². The molecule has 4 aliphatic rings. The molecule has 0 spiro atoms. The monoisotopic (exact) mass is 353 g/mol. The van der Waals surface area contributed by atoms with Gasteiger partial charge in [0.25, 0.3) is 0 Å². The molecule has 0 atom stereocenters. The topological polar surface area (TPSA) is 43.2 Å². The van der Waals surface area contributed by atoms with E-state index in [-0.39, 0.29) is 17.4 Å². The molecule has 1 aromatic carbocycles. The van der Waals surface area contributed by atoms with Crippen molar-refractivity contribution in [1.82, 2.24) is 14.7 Å². The normalized spacial score (nSPS) is 20.7. The first-order valence-corrected chi connectivity index (χ1v) is 8.98. The number of benzene rings is 1. The molecule has 0 amide bonds. The van der Waals surface area contributed by atoms with E-state index < -0.39 is 0 Å². The van der Waals surface area contributed by atoms with E-state index in [1.54, 1.807) is 6.07 Å². The summed E-state index contributed by atoms with van der Waals surface area (Å²) in [4.78, 5) is 30.5. The molecule has 0 bridgehead atoms. The Morgan fingerprint density at radius 2 is 1.50 bits per heavy atom. The summed E-state index contributed by atoms with van der Waals surface area (Å²) in [7, 11) is 1.90. The van der Waals surface area contributed by atoms with Crippen molar-refractivity contribution in [3.05, 3.63) is 52.7 Å². The van der Waals surface area contributed by atoms with Gasteiger partial charge in [-0.05, 0) is 19.1 Å². The fourth-order valence-electron chi connectivity index (χ4n) is 2.98. The highest BCUT2D eigenvalue weighted by Crippen LogP contribution is 2.33. The van der Waals surface area contributed by atoms with Crippen LogP contribution in [0.5, 0.6) is 0 Å². The second kappa shape index (κ2) is 6.30. The van der Waals surface area contributed by atoms with E-state index in [0.717, 1.165) is 50.3 Å². The van der Waals surface area contributed by atoms with Gasteiger partial charge < -0.3 is 14.7 Å². The van der Waals surface area contributed by atoms with E-state index in [1.807, 2.05) is 29.5 Å². The van der Waals surface area contributed by atoms with Gasteiger partial charge in [0.15, 0.2) is 0 Å². The first-order valence-electron chi connectivity index (χ1n) is 8.98. The van der Waals surface area contributed by atoms with E-state index in [9.17, 15) is 14.0 Å². The van der Waals surface area contributed by atoms with Crippen molar-refractivity contribution >= 4 is 24.9 Å². The zero-order valence-corrected chi connectivity index (χ0v) is 15.1. The van der Waals surface area contributed by atoms with Gasteiger partial charge in [-0.2, -0.15) is 0 Å². The zero-order valence-electron chi connectivity index (χ0n) is 15.1. The highest BCUT2D eigenvalue weighted by atomic mass is 19.1. The highest BCUT2D eigenvalue weighted by Gasteiger charge is 2.43. The number of nitrogens with zero attached hydrogens (tertiary/aromatic N) is 3. The Labute approximate surface area is 153 Å². The molecule has 0 radical (unpaired) electrons. The number of halogens is 1. The number of hydrogen-bond donors (Lipinski definition) is 0. The van der Waals surface area contributed by atoms with Crippen LogP contribution in [0, 0.1) is 12.7 Å². The molecule has 3 heterocycles. The summed E-state index contributed by atoms with van der Waals surface area (Å²) in [5.41, 5.74) is 4.03. The van der Waals surface area contributed by atoms with Crippen LogP contribution >= 0.6 is 0 Å². The number of carbonyl (C=O) groups is 2. The minimum atomic E-state index is -0.155. The van der Waals surface area contributed by atoms with Gasteiger partial charge in [-0.1, -0.05) is 17.1 Å². The van der Waals surface area contributed by atoms with Crippen LogP contribution in [0.3, 0.4) is 0 Å². The number of aryl methyl sites for hydroxylation is 1. The SMILES string of the molecule is Bc1cc(F)ccc1C.O=C1C=C(N2CC2)C(=O)C(N2CC2)=C1N1CC1. The number of carbonyl (C=O) groups excluding carboxylic acids is 2. The van der Waals surface area contributed by atoms with Crippen LogP contribution in [0.2, 0.25) is 0 Å². The molecule has 134 valence electrons. The van der Waals surface area contributed by atoms with Crippen LogP contribution in [-0.2, 0) is 9.59 Å². The molecular formula is C19H21BFN3O2. The minimum absolute atomic E-state index is 0.00546. The molecule has 0 saturated carbocycles. The molecule has 3 fully saturated rings. The standard InChI is InChI=1S/C12H13N3O2.C7H8BF/c16-9-7-8(13-1-2-13)12(17)11(15-5-6-15)10(9)14-3-4-14;1-5-2-3-6(9)4-7(5)8/h7H,1-6H2;2-4H,8H2,1H3. The Bertz CT molecular complexity index is 852. The molecule has 0 aromatic heterocycles. The largest absolute Gasteiger partial charge is 0.365 e. The Kier molecular flexibility index (Phi) is 4.09. The summed E-state index contributed by atoms with van der Waals surface area (Å²) >= 11 is 0. The van der Waals surface area contributed by atoms with Crippen LogP contribution in [0.4, 0.5) is 4.39 Å². The Morgan fingerprint density at radius 3 is 2.00 bits per heavy atom. The molecule has 5 nitrogen and oxygen atoms in total. The second-order valence-electron chi connectivity index (χ2n) is 7.11. The van der Waals surface area contributed by atoms with Gasteiger partial charge in [0, 0.05) is 45.3 Å². The van der Waals surface area contributed by atoms with Crippen molar-refractivity contribution in [3.8, 4) is 0 Å². The predicted molar refractivity (Wildman–Crippen MR) is 99.2 cm³/mol. The van der Waals surface area contributed by atoms with Crippen molar-refractivity contribution in [2.75, 3.05) is 39.3 Å². The molecule has 3 saturated heterocycles. The lowest BCUT2D eigenvalue weighted by atomic mass is 9.91. The summed E-state index contributed by atoms with van der Waals surface area (Å²) in [5.74, 6) is -0.106. The molecule has 0 unspecified atom stereocenters. The van der Waals surface area contributed by atoms with Crippen LogP contribution in [0.25, 0.3) is 0 Å². The first-order chi connectivity index (χ1) is 12.5. The number of rotatable bonds is 3. The van der Waals surface area contributed by atoms with Gasteiger partial charge in [0.1, 0.15) is 25.1 Å². The maximum atomic E-state index is 12.4. The number of Topliss-reactive ketones (excluding diaryl/α,β-unsaturated/α-hetero) is 1. The van der Waals surface area contributed by atoms with E-state index in [0.29, 0.717) is 17.1 Å². The molecule has 3 aliphatic heterocycles. The average molecular weight is 353 g/mol. The highest BCUT2D eigenvalue weighted by molar-refractivity contribution is 6.33. The summed E-state index contributed by atoms with van der Waals surface area (Å²) < 4.78 is 12.3. The van der Waals surface area contributed by atoms with Gasteiger partial charge in [-0.3, -0.25) is 9.59 Å². The van der Waals surface area contributed by atoms with Gasteiger partial charge in [-0.15, -0.1) is 0 Å². The van der Waals surface area contributed by atoms with Crippen molar-refractivity contribution in [1.29, 1.82) is 0 Å². The van der Waals surface area contributed by atoms with Gasteiger partial charge >= 0.3 is 0 Å². The fraction of sp³-hybridized carbons (Fsp3) is 0.368. The minimum Gasteiger partial charge on any atom is -0.365 e. The van der Waals surface area contributed by atoms with Crippen molar-refractivity contribution in [3.63, 3.8) is 0 Å². The van der Waals surface area contributed by atoms with Crippen molar-refractivity contribution < 1.29 is 14.0 Å². The molecule has 7 heteroatoms. The summed E-state index contributed by atoms with van der Waals surface area (Å²) in [6, 6.07) is 4.79. The van der Waals surface area contributed by atoms with E-state index in [4.69, 9.17) is 0 Å². The Morgan fingerprint density at radius 1 is 0.923 bits per heavy atom. The maximum Gasteiger partial charge on any atom is 0.227 e. The van der Waals surface area contributed by atoms with E-state index >= 15 is 0 Å². The van der Waals surface area contributed by atoms with Gasteiger partial charge in [-0.25, -0.2) is 4.39 Å². The lowest BCUT2D eigenvalue weighted by Crippen LogP contribution is -2.29. The third kappa shape index (κ3) is 3.38. The van der Waals surface area contributed by atoms with Gasteiger partial charge in [0.2, 0.25) is 11.6 Å². The molecule has 1 aromatic rings. The molecule has 5 rings (SSSR count). The average Bonchev–Trinajstić information content (AvgIpc) is 3.47. The zero-order chi connectivity index (χ0) is 18.4. The predicted octanol–water partition coefficient (Wildman–Crippen LogP) is -0.427. The Balaban J connectivity index is 0.000000160. The van der Waals surface area contributed by atoms with Crippen molar-refractivity contribution in [2.45, 2.75) is 6.92 Å². The van der Waals surface area contributed by atoms with Crippen LogP contribution < -0.4 is 5.46 Å². The maximum absolute atomic E-state index is 12.4. The van der Waals surface area contributed by atoms with Crippen LogP contribution in [0.1, 0.15) is 5.56 Å². The lowest BCUT2D eigenvalue weighted by molar-refractivity contribution is -0.117. The van der Waals surface area contributed by atoms with Crippen LogP contribution in [0.15, 0.2) is 41.4 Å². The molecule has 0 N–H and O–H groups in total. The summed E-state index contributed by atoms with van der Waals surface area (Å²) in [6.45, 7) is 7.37. The second-order valence-corrected chi connectivity index (χ2v) is 7.11. The molecule has 26 heavy (non-hydrogen) atoms. The van der Waals surface area contributed by atoms with Gasteiger partial charge in [0.05, 0.1) is 5.70 Å². The fourth-order valence-corrected chi connectivity index (χ4v) is 2.98. The number of allylic oxidation sites excluding steroid dienone is 1. The first kappa shape index (κ1) is 16.9. The van der Waals surface area contributed by atoms with E-state index in [2.05, 4.69) is 0 Å². The Hall–Kier alpha value is -2.57. The molecule has 1 aliphatic carbocycles. The summed E-state index contributed by atoms with van der Waals surface area (Å²) in [5, 5.41) is 0. The smallest absolute Gasteiger partial charge is 0.227 e. The number of ketones is 2. The third-order valence-corrected chi connectivity index (χ3v) is 4.96. The number of hydrogen-bond acceptors (Lipinski definition) is 5. The summed E-state index contributed by atoms with van der Waals surface area (Å²) in [6.07, 6.45) is 1.52. The lowest BCUT2D eigenvalue weighted by Gasteiger charge is -2.21. The molecular weight excluding hydrogens is 332 g/mol. The van der Waals surface area contributed by atoms with Crippen LogP contribution in [-0.4, -0.2) is 73.4 Å². The third-order valence-electron chi connectivity index (χ3n) is 4.96. The quantitative estimate of drug-likeness (QED) is 0.419.